The summed E-state index contributed by atoms with van der Waals surface area (Å²) in [5.41, 5.74) is 3.21. The molecule has 0 fully saturated rings. The van der Waals surface area contributed by atoms with Gasteiger partial charge in [0.15, 0.2) is 0 Å². The molecule has 0 atom stereocenters. The maximum Gasteiger partial charge on any atom is 0.348 e. The molecule has 0 aliphatic carbocycles. The molecule has 0 unspecified atom stereocenters. The molecule has 22 heavy (non-hydrogen) atoms. The lowest BCUT2D eigenvalue weighted by atomic mass is 10.1. The van der Waals surface area contributed by atoms with Crippen LogP contribution in [-0.2, 0) is 0 Å². The lowest BCUT2D eigenvalue weighted by Gasteiger charge is -2.04. The number of hydrazone groups is 1. The molecule has 0 bridgehead atoms. The van der Waals surface area contributed by atoms with Gasteiger partial charge in [0.2, 0.25) is 0 Å². The van der Waals surface area contributed by atoms with Crippen LogP contribution in [0.2, 0.25) is 0 Å². The number of aromatic hydroxyl groups is 1. The van der Waals surface area contributed by atoms with Crippen molar-refractivity contribution in [3.8, 4) is 5.75 Å². The molecule has 1 heterocycles. The van der Waals surface area contributed by atoms with Gasteiger partial charge in [-0.15, -0.1) is 0 Å². The molecule has 0 saturated heterocycles. The average molecular weight is 300 g/mol. The Labute approximate surface area is 127 Å². The molecular weight excluding hydrogens is 284 g/mol. The fraction of sp³-hybridized carbons (Fsp3) is 0.188. The Balaban J connectivity index is 2.22. The molecule has 1 aromatic carbocycles. The number of carbonyl (C=O) groups excluding carboxylic acids is 1. The number of nitrogens with zero attached hydrogens (tertiary/aromatic N) is 1. The molecule has 2 rings (SSSR count). The maximum absolute atomic E-state index is 11.9. The minimum absolute atomic E-state index is 0.0743. The van der Waals surface area contributed by atoms with Crippen LogP contribution in [0.3, 0.4) is 0 Å². The van der Waals surface area contributed by atoms with Crippen molar-refractivity contribution in [2.24, 2.45) is 5.10 Å². The smallest absolute Gasteiger partial charge is 0.348 e. The van der Waals surface area contributed by atoms with E-state index in [1.165, 1.54) is 13.0 Å². The summed E-state index contributed by atoms with van der Waals surface area (Å²) in [6.07, 6.45) is 0. The van der Waals surface area contributed by atoms with Crippen molar-refractivity contribution in [1.82, 2.24) is 5.43 Å². The Hall–Kier alpha value is -2.89. The topological polar surface area (TPSA) is 91.9 Å². The monoisotopic (exact) mass is 300 g/mol. The van der Waals surface area contributed by atoms with Crippen LogP contribution in [0, 0.1) is 13.8 Å². The zero-order chi connectivity index (χ0) is 16.3. The van der Waals surface area contributed by atoms with Gasteiger partial charge in [-0.25, -0.2) is 10.2 Å². The summed E-state index contributed by atoms with van der Waals surface area (Å²) in [6, 6.07) is 8.29. The molecule has 1 amide bonds. The third-order valence-corrected chi connectivity index (χ3v) is 3.05. The number of amides is 1. The molecule has 2 aromatic rings. The van der Waals surface area contributed by atoms with Crippen molar-refractivity contribution in [3.63, 3.8) is 0 Å². The predicted octanol–water partition coefficient (Wildman–Crippen LogP) is 2.12. The van der Waals surface area contributed by atoms with Gasteiger partial charge in [-0.3, -0.25) is 4.79 Å². The number of hydrogen-bond donors (Lipinski definition) is 2. The summed E-state index contributed by atoms with van der Waals surface area (Å²) < 4.78 is 4.91. The number of nitrogens with one attached hydrogen (secondary N) is 1. The van der Waals surface area contributed by atoms with E-state index in [2.05, 4.69) is 10.5 Å². The summed E-state index contributed by atoms with van der Waals surface area (Å²) in [6.45, 7) is 4.97. The highest BCUT2D eigenvalue weighted by Crippen LogP contribution is 2.15. The lowest BCUT2D eigenvalue weighted by Crippen LogP contribution is -2.21. The Morgan fingerprint density at radius 3 is 2.45 bits per heavy atom. The number of benzene rings is 1. The van der Waals surface area contributed by atoms with E-state index in [4.69, 9.17) is 4.42 Å². The fourth-order valence-electron chi connectivity index (χ4n) is 1.89. The Morgan fingerprint density at radius 1 is 1.23 bits per heavy atom. The first-order valence-corrected chi connectivity index (χ1v) is 6.64. The van der Waals surface area contributed by atoms with Crippen molar-refractivity contribution in [2.75, 3.05) is 0 Å². The average Bonchev–Trinajstić information content (AvgIpc) is 2.44. The Kier molecular flexibility index (Phi) is 4.41. The van der Waals surface area contributed by atoms with Crippen molar-refractivity contribution in [2.45, 2.75) is 20.8 Å². The first-order valence-electron chi connectivity index (χ1n) is 6.64. The zero-order valence-electron chi connectivity index (χ0n) is 12.5. The van der Waals surface area contributed by atoms with Gasteiger partial charge in [-0.2, -0.15) is 5.10 Å². The van der Waals surface area contributed by atoms with E-state index in [0.717, 1.165) is 5.56 Å². The lowest BCUT2D eigenvalue weighted by molar-refractivity contribution is 0.0955. The third-order valence-electron chi connectivity index (χ3n) is 3.05. The molecule has 2 N–H and O–H groups in total. The molecule has 114 valence electrons. The van der Waals surface area contributed by atoms with Gasteiger partial charge < -0.3 is 9.52 Å². The first-order chi connectivity index (χ1) is 10.4. The van der Waals surface area contributed by atoms with Crippen molar-refractivity contribution >= 4 is 11.6 Å². The van der Waals surface area contributed by atoms with Crippen molar-refractivity contribution in [3.05, 3.63) is 63.2 Å². The summed E-state index contributed by atoms with van der Waals surface area (Å²) >= 11 is 0. The molecule has 0 spiro atoms. The first kappa shape index (κ1) is 15.5. The molecule has 6 nitrogen and oxygen atoms in total. The number of carbonyl (C=O) groups is 1. The van der Waals surface area contributed by atoms with Gasteiger partial charge in [0, 0.05) is 11.6 Å². The van der Waals surface area contributed by atoms with Gasteiger partial charge in [0.25, 0.3) is 5.91 Å². The van der Waals surface area contributed by atoms with Gasteiger partial charge in [-0.1, -0.05) is 17.7 Å². The molecule has 1 aromatic heterocycles. The second kappa shape index (κ2) is 6.26. The molecule has 6 heteroatoms. The van der Waals surface area contributed by atoms with Crippen molar-refractivity contribution in [1.29, 1.82) is 0 Å². The van der Waals surface area contributed by atoms with E-state index in [1.807, 2.05) is 19.1 Å². The molecule has 0 aliphatic rings. The largest absolute Gasteiger partial charge is 0.507 e. The number of hydrogen-bond acceptors (Lipinski definition) is 5. The SMILES string of the molecule is C/C(=N\NC(=O)c1ccc(C)cc1)c1c(O)cc(C)oc1=O. The quantitative estimate of drug-likeness (QED) is 0.671. The third kappa shape index (κ3) is 3.41. The molecule has 0 aliphatic heterocycles. The van der Waals surface area contributed by atoms with E-state index in [0.29, 0.717) is 11.3 Å². The normalized spacial score (nSPS) is 11.3. The second-order valence-electron chi connectivity index (χ2n) is 4.91. The van der Waals surface area contributed by atoms with Gasteiger partial charge >= 0.3 is 5.63 Å². The van der Waals surface area contributed by atoms with Crippen LogP contribution in [-0.4, -0.2) is 16.7 Å². The summed E-state index contributed by atoms with van der Waals surface area (Å²) in [5, 5.41) is 13.6. The van der Waals surface area contributed by atoms with Crippen LogP contribution in [0.5, 0.6) is 5.75 Å². The molecule has 0 saturated carbocycles. The van der Waals surface area contributed by atoms with Crippen LogP contribution >= 0.6 is 0 Å². The minimum Gasteiger partial charge on any atom is -0.507 e. The summed E-state index contributed by atoms with van der Waals surface area (Å²) in [5.74, 6) is -0.349. The van der Waals surface area contributed by atoms with E-state index in [1.54, 1.807) is 19.1 Å². The van der Waals surface area contributed by atoms with Gasteiger partial charge in [-0.05, 0) is 32.9 Å². The van der Waals surface area contributed by atoms with Crippen LogP contribution < -0.4 is 11.1 Å². The minimum atomic E-state index is -0.705. The molecular formula is C16H16N2O4. The standard InChI is InChI=1S/C16H16N2O4/c1-9-4-6-12(7-5-9)15(20)18-17-11(3)14-13(19)8-10(2)22-16(14)21/h4-8,19H,1-3H3,(H,18,20)/b17-11+. The van der Waals surface area contributed by atoms with Crippen LogP contribution in [0.4, 0.5) is 0 Å². The van der Waals surface area contributed by atoms with E-state index in [9.17, 15) is 14.7 Å². The number of aryl methyl sites for hydroxylation is 2. The Morgan fingerprint density at radius 2 is 1.86 bits per heavy atom. The van der Waals surface area contributed by atoms with Gasteiger partial charge in [0.1, 0.15) is 17.1 Å². The maximum atomic E-state index is 11.9. The number of rotatable bonds is 3. The summed E-state index contributed by atoms with van der Waals surface area (Å²) in [7, 11) is 0. The van der Waals surface area contributed by atoms with E-state index in [-0.39, 0.29) is 17.0 Å². The van der Waals surface area contributed by atoms with E-state index < -0.39 is 11.5 Å². The van der Waals surface area contributed by atoms with Gasteiger partial charge in [0.05, 0.1) is 5.71 Å². The van der Waals surface area contributed by atoms with Crippen molar-refractivity contribution < 1.29 is 14.3 Å². The second-order valence-corrected chi connectivity index (χ2v) is 4.91. The van der Waals surface area contributed by atoms with E-state index >= 15 is 0 Å². The summed E-state index contributed by atoms with van der Waals surface area (Å²) in [4.78, 5) is 23.7. The molecule has 0 radical (unpaired) electrons. The zero-order valence-corrected chi connectivity index (χ0v) is 12.5. The predicted molar refractivity (Wildman–Crippen MR) is 82.2 cm³/mol. The highest BCUT2D eigenvalue weighted by atomic mass is 16.4. The highest BCUT2D eigenvalue weighted by Gasteiger charge is 2.13. The van der Waals surface area contributed by atoms with Crippen LogP contribution in [0.1, 0.15) is 34.2 Å². The van der Waals surface area contributed by atoms with Crippen LogP contribution in [0.15, 0.2) is 44.6 Å². The highest BCUT2D eigenvalue weighted by molar-refractivity contribution is 6.02. The fourth-order valence-corrected chi connectivity index (χ4v) is 1.89. The van der Waals surface area contributed by atoms with Crippen LogP contribution in [0.25, 0.3) is 0 Å². The Bertz CT molecular complexity index is 789.